The molecule has 0 spiro atoms. The summed E-state index contributed by atoms with van der Waals surface area (Å²) in [6.45, 7) is 0. The first-order chi connectivity index (χ1) is 14.9. The van der Waals surface area contributed by atoms with Crippen LogP contribution in [0, 0.1) is 0 Å². The predicted molar refractivity (Wildman–Crippen MR) is 119 cm³/mol. The lowest BCUT2D eigenvalue weighted by Gasteiger charge is -2.05. The minimum Gasteiger partial charge on any atom is -0.423 e. The largest absolute Gasteiger partial charge is 0.423 e. The third-order valence-electron chi connectivity index (χ3n) is 3.84. The van der Waals surface area contributed by atoms with Crippen molar-refractivity contribution >= 4 is 52.9 Å². The van der Waals surface area contributed by atoms with Gasteiger partial charge in [0.25, 0.3) is 0 Å². The summed E-state index contributed by atoms with van der Waals surface area (Å²) in [5.41, 5.74) is 3.39. The molecule has 0 saturated carbocycles. The lowest BCUT2D eigenvalue weighted by Crippen LogP contribution is -2.32. The quantitative estimate of drug-likeness (QED) is 0.197. The number of nitrogens with one attached hydrogen (secondary N) is 2. The normalized spacial score (nSPS) is 10.5. The number of hydrogen-bond donors (Lipinski definition) is 2. The highest BCUT2D eigenvalue weighted by Crippen LogP contribution is 2.24. The number of hydrazone groups is 1. The van der Waals surface area contributed by atoms with Crippen LogP contribution in [0.25, 0.3) is 0 Å². The third-order valence-corrected chi connectivity index (χ3v) is 4.58. The molecule has 0 aliphatic rings. The molecule has 3 rings (SSSR count). The zero-order chi connectivity index (χ0) is 22.2. The van der Waals surface area contributed by atoms with Crippen molar-refractivity contribution in [3.8, 4) is 5.75 Å². The molecule has 7 nitrogen and oxygen atoms in total. The molecule has 0 saturated heterocycles. The molecule has 156 valence electrons. The topological polar surface area (TPSA) is 96.9 Å². The summed E-state index contributed by atoms with van der Waals surface area (Å²) in [6.07, 6.45) is 1.31. The number of carbonyl (C=O) groups is 3. The maximum atomic E-state index is 12.1. The molecule has 2 N–H and O–H groups in total. The van der Waals surface area contributed by atoms with Crippen LogP contribution in [0.5, 0.6) is 5.75 Å². The summed E-state index contributed by atoms with van der Waals surface area (Å²) in [4.78, 5) is 35.9. The van der Waals surface area contributed by atoms with Crippen LogP contribution in [0.15, 0.2) is 77.9 Å². The zero-order valence-corrected chi connectivity index (χ0v) is 17.4. The van der Waals surface area contributed by atoms with Crippen molar-refractivity contribution in [2.24, 2.45) is 5.10 Å². The van der Waals surface area contributed by atoms with Gasteiger partial charge in [-0.1, -0.05) is 53.5 Å². The fraction of sp³-hybridized carbons (Fsp3) is 0. The summed E-state index contributed by atoms with van der Waals surface area (Å²) < 4.78 is 5.32. The summed E-state index contributed by atoms with van der Waals surface area (Å²) in [5.74, 6) is -2.10. The molecule has 0 aromatic heterocycles. The first-order valence-electron chi connectivity index (χ1n) is 8.89. The van der Waals surface area contributed by atoms with Crippen LogP contribution in [-0.4, -0.2) is 24.0 Å². The van der Waals surface area contributed by atoms with E-state index in [2.05, 4.69) is 15.8 Å². The second-order valence-electron chi connectivity index (χ2n) is 6.11. The fourth-order valence-electron chi connectivity index (χ4n) is 2.38. The Bertz CT molecular complexity index is 1150. The second-order valence-corrected chi connectivity index (χ2v) is 6.92. The molecule has 0 radical (unpaired) electrons. The third kappa shape index (κ3) is 6.40. The lowest BCUT2D eigenvalue weighted by molar-refractivity contribution is -0.136. The number of anilines is 1. The molecular weight excluding hydrogens is 441 g/mol. The maximum absolute atomic E-state index is 12.1. The minimum atomic E-state index is -0.978. The van der Waals surface area contributed by atoms with Gasteiger partial charge in [-0.3, -0.25) is 9.59 Å². The Morgan fingerprint density at radius 2 is 1.61 bits per heavy atom. The van der Waals surface area contributed by atoms with E-state index in [4.69, 9.17) is 27.9 Å². The number of halogens is 2. The molecule has 0 bridgehead atoms. The lowest BCUT2D eigenvalue weighted by atomic mass is 10.2. The van der Waals surface area contributed by atoms with Crippen LogP contribution in [0.1, 0.15) is 15.9 Å². The molecule has 2 amide bonds. The molecule has 0 fully saturated rings. The monoisotopic (exact) mass is 455 g/mol. The Balaban J connectivity index is 1.56. The average Bonchev–Trinajstić information content (AvgIpc) is 2.77. The summed E-state index contributed by atoms with van der Waals surface area (Å²) in [6, 6.07) is 19.5. The molecule has 0 atom stereocenters. The fourth-order valence-corrected chi connectivity index (χ4v) is 2.67. The Labute approximate surface area is 187 Å². The van der Waals surface area contributed by atoms with Gasteiger partial charge in [-0.05, 0) is 48.0 Å². The number of carbonyl (C=O) groups excluding carboxylic acids is 3. The number of esters is 1. The van der Waals surface area contributed by atoms with E-state index in [1.165, 1.54) is 24.4 Å². The number of nitrogens with zero attached hydrogens (tertiary/aromatic N) is 1. The van der Waals surface area contributed by atoms with Crippen LogP contribution < -0.4 is 15.5 Å². The maximum Gasteiger partial charge on any atom is 0.343 e. The van der Waals surface area contributed by atoms with Gasteiger partial charge in [-0.15, -0.1) is 0 Å². The van der Waals surface area contributed by atoms with Gasteiger partial charge in [-0.2, -0.15) is 5.10 Å². The Hall–Kier alpha value is -3.68. The van der Waals surface area contributed by atoms with Gasteiger partial charge >= 0.3 is 17.8 Å². The number of rotatable bonds is 5. The number of ether oxygens (including phenoxy) is 1. The van der Waals surface area contributed by atoms with Crippen LogP contribution in [-0.2, 0) is 9.59 Å². The predicted octanol–water partition coefficient (Wildman–Crippen LogP) is 4.30. The zero-order valence-electron chi connectivity index (χ0n) is 15.8. The molecule has 9 heteroatoms. The summed E-state index contributed by atoms with van der Waals surface area (Å²) >= 11 is 11.7. The molecule has 0 heterocycles. The van der Waals surface area contributed by atoms with Gasteiger partial charge in [0, 0.05) is 5.69 Å². The van der Waals surface area contributed by atoms with Gasteiger partial charge in [0.15, 0.2) is 0 Å². The number of amides is 2. The van der Waals surface area contributed by atoms with Crippen LogP contribution >= 0.6 is 23.2 Å². The van der Waals surface area contributed by atoms with E-state index in [1.807, 2.05) is 0 Å². The van der Waals surface area contributed by atoms with E-state index in [1.54, 1.807) is 54.6 Å². The van der Waals surface area contributed by atoms with Crippen molar-refractivity contribution in [3.05, 3.63) is 94.0 Å². The number of benzene rings is 3. The molecule has 0 unspecified atom stereocenters. The first kappa shape index (κ1) is 22.0. The molecule has 3 aromatic carbocycles. The van der Waals surface area contributed by atoms with Gasteiger partial charge in [0.2, 0.25) is 0 Å². The van der Waals surface area contributed by atoms with E-state index in [9.17, 15) is 14.4 Å². The smallest absolute Gasteiger partial charge is 0.343 e. The molecular formula is C22H15Cl2N3O4. The van der Waals surface area contributed by atoms with Crippen LogP contribution in [0.4, 0.5) is 5.69 Å². The molecule has 0 aliphatic heterocycles. The van der Waals surface area contributed by atoms with E-state index in [-0.39, 0.29) is 5.02 Å². The minimum absolute atomic E-state index is 0.241. The Kier molecular flexibility index (Phi) is 7.37. The molecule has 31 heavy (non-hydrogen) atoms. The SMILES string of the molecule is O=C(NN=Cc1cccc(OC(=O)c2ccccc2)c1)C(=O)Nc1ccc(Cl)c(Cl)c1. The van der Waals surface area contributed by atoms with Gasteiger partial charge in [0.05, 0.1) is 21.8 Å². The van der Waals surface area contributed by atoms with Crippen molar-refractivity contribution in [1.29, 1.82) is 0 Å². The summed E-state index contributed by atoms with van der Waals surface area (Å²) in [5, 5.41) is 6.69. The van der Waals surface area contributed by atoms with Gasteiger partial charge < -0.3 is 10.1 Å². The van der Waals surface area contributed by atoms with Gasteiger partial charge in [0.1, 0.15) is 5.75 Å². The first-order valence-corrected chi connectivity index (χ1v) is 9.65. The van der Waals surface area contributed by atoms with Crippen molar-refractivity contribution in [1.82, 2.24) is 5.43 Å². The highest BCUT2D eigenvalue weighted by Gasteiger charge is 2.13. The van der Waals surface area contributed by atoms with Crippen LogP contribution in [0.2, 0.25) is 10.0 Å². The highest BCUT2D eigenvalue weighted by molar-refractivity contribution is 6.43. The van der Waals surface area contributed by atoms with E-state index >= 15 is 0 Å². The molecule has 3 aromatic rings. The van der Waals surface area contributed by atoms with E-state index in [0.29, 0.717) is 27.6 Å². The molecule has 0 aliphatic carbocycles. The van der Waals surface area contributed by atoms with Crippen molar-refractivity contribution in [2.75, 3.05) is 5.32 Å². The van der Waals surface area contributed by atoms with E-state index in [0.717, 1.165) is 0 Å². The van der Waals surface area contributed by atoms with Crippen LogP contribution in [0.3, 0.4) is 0 Å². The van der Waals surface area contributed by atoms with Crippen molar-refractivity contribution in [2.45, 2.75) is 0 Å². The summed E-state index contributed by atoms with van der Waals surface area (Å²) in [7, 11) is 0. The average molecular weight is 456 g/mol. The highest BCUT2D eigenvalue weighted by atomic mass is 35.5. The van der Waals surface area contributed by atoms with E-state index < -0.39 is 17.8 Å². The van der Waals surface area contributed by atoms with Gasteiger partial charge in [-0.25, -0.2) is 10.2 Å². The Morgan fingerprint density at radius 3 is 2.35 bits per heavy atom. The van der Waals surface area contributed by atoms with Crippen molar-refractivity contribution < 1.29 is 19.1 Å². The number of hydrogen-bond acceptors (Lipinski definition) is 5. The Morgan fingerprint density at radius 1 is 0.839 bits per heavy atom. The second kappa shape index (κ2) is 10.4. The van der Waals surface area contributed by atoms with Crippen molar-refractivity contribution in [3.63, 3.8) is 0 Å². The standard InChI is InChI=1S/C22H15Cl2N3O4/c23-18-10-9-16(12-19(18)24)26-20(28)21(29)27-25-13-14-5-4-8-17(11-14)31-22(30)15-6-2-1-3-7-15/h1-13H,(H,26,28)(H,27,29).